The Bertz CT molecular complexity index is 616. The molecule has 2 heterocycles. The third kappa shape index (κ3) is 3.22. The molecule has 0 aliphatic carbocycles. The molecule has 0 spiro atoms. The molecular weight excluding hydrogens is 274 g/mol. The monoisotopic (exact) mass is 293 g/mol. The molecule has 108 valence electrons. The molecule has 0 atom stereocenters. The maximum atomic E-state index is 11.9. The van der Waals surface area contributed by atoms with E-state index in [0.29, 0.717) is 18.0 Å². The van der Waals surface area contributed by atoms with Gasteiger partial charge in [-0.2, -0.15) is 5.10 Å². The van der Waals surface area contributed by atoms with E-state index in [2.05, 4.69) is 20.6 Å². The molecule has 0 aliphatic rings. The Balaban J connectivity index is 1.92. The summed E-state index contributed by atoms with van der Waals surface area (Å²) in [6.07, 6.45) is 1.95. The van der Waals surface area contributed by atoms with Crippen molar-refractivity contribution in [2.45, 2.75) is 40.0 Å². The van der Waals surface area contributed by atoms with Crippen LogP contribution in [0.2, 0.25) is 0 Å². The molecule has 2 rings (SSSR count). The Morgan fingerprint density at radius 2 is 2.10 bits per heavy atom. The van der Waals surface area contributed by atoms with Gasteiger partial charge in [-0.1, -0.05) is 18.3 Å². The highest BCUT2D eigenvalue weighted by Crippen LogP contribution is 2.17. The second-order valence-corrected chi connectivity index (χ2v) is 5.74. The van der Waals surface area contributed by atoms with Crippen LogP contribution in [-0.2, 0) is 24.7 Å². The van der Waals surface area contributed by atoms with Gasteiger partial charge < -0.3 is 5.32 Å². The van der Waals surface area contributed by atoms with Gasteiger partial charge in [0.25, 0.3) is 0 Å². The summed E-state index contributed by atoms with van der Waals surface area (Å²) in [5.74, 6) is -0.0357. The molecule has 6 nitrogen and oxygen atoms in total. The quantitative estimate of drug-likeness (QED) is 0.915. The van der Waals surface area contributed by atoms with Gasteiger partial charge in [0.15, 0.2) is 0 Å². The fourth-order valence-electron chi connectivity index (χ4n) is 2.05. The first-order valence-corrected chi connectivity index (χ1v) is 7.44. The summed E-state index contributed by atoms with van der Waals surface area (Å²) in [6.45, 7) is 6.00. The highest BCUT2D eigenvalue weighted by molar-refractivity contribution is 7.15. The first-order chi connectivity index (χ1) is 9.51. The fraction of sp³-hybridized carbons (Fsp3) is 0.538. The number of hydrogen-bond donors (Lipinski definition) is 1. The van der Waals surface area contributed by atoms with Gasteiger partial charge in [0, 0.05) is 19.2 Å². The van der Waals surface area contributed by atoms with E-state index in [4.69, 9.17) is 0 Å². The number of aromatic nitrogens is 4. The minimum Gasteiger partial charge on any atom is -0.301 e. The van der Waals surface area contributed by atoms with Crippen LogP contribution in [0.4, 0.5) is 5.13 Å². The Hall–Kier alpha value is -1.76. The van der Waals surface area contributed by atoms with E-state index in [1.807, 2.05) is 32.5 Å². The van der Waals surface area contributed by atoms with E-state index in [9.17, 15) is 4.79 Å². The topological polar surface area (TPSA) is 72.7 Å². The molecule has 0 bridgehead atoms. The molecule has 0 unspecified atom stereocenters. The van der Waals surface area contributed by atoms with Crippen molar-refractivity contribution in [2.75, 3.05) is 5.32 Å². The van der Waals surface area contributed by atoms with E-state index in [0.717, 1.165) is 28.4 Å². The summed E-state index contributed by atoms with van der Waals surface area (Å²) in [4.78, 5) is 11.9. The van der Waals surface area contributed by atoms with Crippen molar-refractivity contribution in [1.82, 2.24) is 20.0 Å². The molecular formula is C13H19N5OS. The molecule has 0 saturated heterocycles. The van der Waals surface area contributed by atoms with E-state index < -0.39 is 0 Å². The fourth-order valence-corrected chi connectivity index (χ4v) is 2.74. The maximum Gasteiger partial charge on any atom is 0.226 e. The third-order valence-electron chi connectivity index (χ3n) is 3.28. The van der Waals surface area contributed by atoms with E-state index >= 15 is 0 Å². The lowest BCUT2D eigenvalue weighted by Crippen LogP contribution is -2.12. The number of nitrogens with zero attached hydrogens (tertiary/aromatic N) is 4. The summed E-state index contributed by atoms with van der Waals surface area (Å²) < 4.78 is 1.85. The van der Waals surface area contributed by atoms with Crippen LogP contribution in [-0.4, -0.2) is 25.9 Å². The second kappa shape index (κ2) is 6.13. The van der Waals surface area contributed by atoms with Crippen LogP contribution < -0.4 is 5.32 Å². The smallest absolute Gasteiger partial charge is 0.226 e. The molecule has 7 heteroatoms. The van der Waals surface area contributed by atoms with Gasteiger partial charge >= 0.3 is 0 Å². The Kier molecular flexibility index (Phi) is 4.49. The summed E-state index contributed by atoms with van der Waals surface area (Å²) >= 11 is 1.42. The van der Waals surface area contributed by atoms with E-state index in [-0.39, 0.29) is 5.91 Å². The third-order valence-corrected chi connectivity index (χ3v) is 4.26. The van der Waals surface area contributed by atoms with Gasteiger partial charge in [0.05, 0.1) is 5.69 Å². The molecule has 1 amide bonds. The largest absolute Gasteiger partial charge is 0.301 e. The van der Waals surface area contributed by atoms with Crippen LogP contribution in [0.3, 0.4) is 0 Å². The Morgan fingerprint density at radius 1 is 1.35 bits per heavy atom. The summed E-state index contributed by atoms with van der Waals surface area (Å²) in [7, 11) is 1.92. The van der Waals surface area contributed by atoms with Gasteiger partial charge in [-0.3, -0.25) is 9.48 Å². The van der Waals surface area contributed by atoms with Crippen LogP contribution in [0.15, 0.2) is 0 Å². The molecule has 20 heavy (non-hydrogen) atoms. The first kappa shape index (κ1) is 14.6. The van der Waals surface area contributed by atoms with Crippen molar-refractivity contribution in [1.29, 1.82) is 0 Å². The average molecular weight is 293 g/mol. The predicted molar refractivity (Wildman–Crippen MR) is 78.9 cm³/mol. The number of aryl methyl sites for hydroxylation is 3. The van der Waals surface area contributed by atoms with Gasteiger partial charge in [-0.05, 0) is 32.3 Å². The number of carbonyl (C=O) groups excluding carboxylic acids is 1. The highest BCUT2D eigenvalue weighted by Gasteiger charge is 2.12. The van der Waals surface area contributed by atoms with E-state index in [1.54, 1.807) is 0 Å². The minimum atomic E-state index is -0.0357. The number of hydrogen-bond acceptors (Lipinski definition) is 5. The second-order valence-electron chi connectivity index (χ2n) is 4.68. The van der Waals surface area contributed by atoms with Crippen LogP contribution in [0.1, 0.15) is 35.3 Å². The number of carbonyl (C=O) groups is 1. The van der Waals surface area contributed by atoms with Crippen molar-refractivity contribution in [2.24, 2.45) is 7.05 Å². The lowest BCUT2D eigenvalue weighted by atomic mass is 10.1. The first-order valence-electron chi connectivity index (χ1n) is 6.62. The minimum absolute atomic E-state index is 0.0357. The average Bonchev–Trinajstić information content (AvgIpc) is 2.94. The lowest BCUT2D eigenvalue weighted by Gasteiger charge is -2.02. The molecule has 2 aromatic heterocycles. The maximum absolute atomic E-state index is 11.9. The van der Waals surface area contributed by atoms with Crippen molar-refractivity contribution in [3.8, 4) is 0 Å². The van der Waals surface area contributed by atoms with Crippen molar-refractivity contribution >= 4 is 22.4 Å². The zero-order valence-electron chi connectivity index (χ0n) is 12.2. The number of rotatable bonds is 5. The van der Waals surface area contributed by atoms with Crippen molar-refractivity contribution in [3.63, 3.8) is 0 Å². The van der Waals surface area contributed by atoms with Crippen LogP contribution in [0.5, 0.6) is 0 Å². The summed E-state index contributed by atoms with van der Waals surface area (Å²) in [5.41, 5.74) is 3.25. The zero-order valence-corrected chi connectivity index (χ0v) is 13.0. The van der Waals surface area contributed by atoms with Gasteiger partial charge in [0.2, 0.25) is 11.0 Å². The number of nitrogens with one attached hydrogen (secondary N) is 1. The molecule has 0 aliphatic heterocycles. The summed E-state index contributed by atoms with van der Waals surface area (Å²) in [5, 5.41) is 16.6. The molecule has 2 aromatic rings. The normalized spacial score (nSPS) is 10.8. The Labute approximate surface area is 122 Å². The zero-order chi connectivity index (χ0) is 14.7. The summed E-state index contributed by atoms with van der Waals surface area (Å²) in [6, 6.07) is 0. The Morgan fingerprint density at radius 3 is 2.65 bits per heavy atom. The van der Waals surface area contributed by atoms with Gasteiger partial charge in [0.1, 0.15) is 5.01 Å². The van der Waals surface area contributed by atoms with Gasteiger partial charge in [-0.15, -0.1) is 10.2 Å². The molecule has 0 radical (unpaired) electrons. The van der Waals surface area contributed by atoms with Crippen molar-refractivity contribution < 1.29 is 4.79 Å². The standard InChI is InChI=1S/C13H19N5OS/c1-5-12-15-16-13(20-12)14-11(19)7-6-10-8(2)17-18(4)9(10)3/h5-7H2,1-4H3,(H,14,16,19). The number of anilines is 1. The van der Waals surface area contributed by atoms with Crippen LogP contribution >= 0.6 is 11.3 Å². The lowest BCUT2D eigenvalue weighted by molar-refractivity contribution is -0.116. The van der Waals surface area contributed by atoms with Crippen LogP contribution in [0, 0.1) is 13.8 Å². The van der Waals surface area contributed by atoms with Crippen molar-refractivity contribution in [3.05, 3.63) is 22.0 Å². The highest BCUT2D eigenvalue weighted by atomic mass is 32.1. The molecule has 0 aromatic carbocycles. The number of amides is 1. The molecule has 1 N–H and O–H groups in total. The SMILES string of the molecule is CCc1nnc(NC(=O)CCc2c(C)nn(C)c2C)s1. The molecule has 0 saturated carbocycles. The van der Waals surface area contributed by atoms with E-state index in [1.165, 1.54) is 11.3 Å². The predicted octanol–water partition coefficient (Wildman–Crippen LogP) is 2.02. The molecule has 0 fully saturated rings. The van der Waals surface area contributed by atoms with Crippen LogP contribution in [0.25, 0.3) is 0 Å². The van der Waals surface area contributed by atoms with Gasteiger partial charge in [-0.25, -0.2) is 0 Å².